The smallest absolute Gasteiger partial charge is 0.343 e. The number of nitrogens with two attached hydrogens (primary N) is 1. The van der Waals surface area contributed by atoms with Gasteiger partial charge in [0.15, 0.2) is 0 Å². The fourth-order valence-electron chi connectivity index (χ4n) is 1.75. The monoisotopic (exact) mass is 285 g/mol. The molecule has 0 aromatic carbocycles. The minimum Gasteiger partial charge on any atom is -0.465 e. The zero-order chi connectivity index (χ0) is 14.6. The van der Waals surface area contributed by atoms with Crippen molar-refractivity contribution in [1.82, 2.24) is 5.32 Å². The molecule has 1 amide bonds. The number of ether oxygens (including phenoxy) is 1. The maximum absolute atomic E-state index is 11.9. The van der Waals surface area contributed by atoms with Gasteiger partial charge in [0.1, 0.15) is 15.4 Å². The van der Waals surface area contributed by atoms with E-state index in [4.69, 9.17) is 10.5 Å². The molecule has 0 radical (unpaired) electrons. The summed E-state index contributed by atoms with van der Waals surface area (Å²) in [4.78, 5) is 25.9. The van der Waals surface area contributed by atoms with Crippen LogP contribution in [0.2, 0.25) is 0 Å². The SMILES string of the molecule is CCN(CC)c1sc(C(=O)NC)c(N)c1C(=O)OC. The van der Waals surface area contributed by atoms with Gasteiger partial charge in [0.2, 0.25) is 0 Å². The lowest BCUT2D eigenvalue weighted by Gasteiger charge is -2.20. The number of nitrogens with one attached hydrogen (secondary N) is 1. The van der Waals surface area contributed by atoms with Gasteiger partial charge in [-0.1, -0.05) is 0 Å². The van der Waals surface area contributed by atoms with Gasteiger partial charge in [0.25, 0.3) is 5.91 Å². The molecular weight excluding hydrogens is 266 g/mol. The molecule has 3 N–H and O–H groups in total. The van der Waals surface area contributed by atoms with Crippen LogP contribution in [0.15, 0.2) is 0 Å². The van der Waals surface area contributed by atoms with Gasteiger partial charge >= 0.3 is 5.97 Å². The molecule has 0 spiro atoms. The first-order valence-electron chi connectivity index (χ1n) is 5.99. The number of nitrogen functional groups attached to an aromatic ring is 1. The minimum atomic E-state index is -0.522. The molecule has 6 nitrogen and oxygen atoms in total. The van der Waals surface area contributed by atoms with Crippen molar-refractivity contribution in [2.24, 2.45) is 0 Å². The molecule has 1 aromatic rings. The Balaban J connectivity index is 3.43. The largest absolute Gasteiger partial charge is 0.465 e. The van der Waals surface area contributed by atoms with Gasteiger partial charge in [-0.25, -0.2) is 4.79 Å². The summed E-state index contributed by atoms with van der Waals surface area (Å²) in [5, 5.41) is 3.19. The first kappa shape index (κ1) is 15.3. The fraction of sp³-hybridized carbons (Fsp3) is 0.500. The van der Waals surface area contributed by atoms with Crippen molar-refractivity contribution in [1.29, 1.82) is 0 Å². The summed E-state index contributed by atoms with van der Waals surface area (Å²) in [5.41, 5.74) is 6.38. The molecule has 0 fully saturated rings. The molecule has 1 rings (SSSR count). The summed E-state index contributed by atoms with van der Waals surface area (Å²) in [7, 11) is 2.82. The summed E-state index contributed by atoms with van der Waals surface area (Å²) < 4.78 is 4.75. The second-order valence-corrected chi connectivity index (χ2v) is 4.77. The second kappa shape index (κ2) is 6.42. The van der Waals surface area contributed by atoms with E-state index in [2.05, 4.69) is 5.32 Å². The van der Waals surface area contributed by atoms with Gasteiger partial charge in [-0.05, 0) is 13.8 Å². The Labute approximate surface area is 116 Å². The Morgan fingerprint density at radius 1 is 1.37 bits per heavy atom. The molecule has 0 unspecified atom stereocenters. The Bertz CT molecular complexity index is 481. The van der Waals surface area contributed by atoms with Crippen molar-refractivity contribution in [3.05, 3.63) is 10.4 Å². The zero-order valence-electron chi connectivity index (χ0n) is 11.6. The number of hydrogen-bond acceptors (Lipinski definition) is 6. The molecule has 0 atom stereocenters. The third kappa shape index (κ3) is 2.81. The van der Waals surface area contributed by atoms with Gasteiger partial charge in [-0.2, -0.15) is 0 Å². The third-order valence-corrected chi connectivity index (χ3v) is 4.07. The highest BCUT2D eigenvalue weighted by molar-refractivity contribution is 7.19. The molecule has 1 heterocycles. The van der Waals surface area contributed by atoms with Crippen molar-refractivity contribution >= 4 is 33.9 Å². The van der Waals surface area contributed by atoms with E-state index in [9.17, 15) is 9.59 Å². The lowest BCUT2D eigenvalue weighted by molar-refractivity contribution is 0.0603. The van der Waals surface area contributed by atoms with Crippen LogP contribution in [0.5, 0.6) is 0 Å². The molecule has 19 heavy (non-hydrogen) atoms. The summed E-state index contributed by atoms with van der Waals surface area (Å²) >= 11 is 1.21. The van der Waals surface area contributed by atoms with Gasteiger partial charge < -0.3 is 20.7 Å². The van der Waals surface area contributed by atoms with Gasteiger partial charge in [-0.15, -0.1) is 11.3 Å². The fourth-order valence-corrected chi connectivity index (χ4v) is 3.03. The van der Waals surface area contributed by atoms with E-state index in [0.717, 1.165) is 0 Å². The van der Waals surface area contributed by atoms with E-state index >= 15 is 0 Å². The Hall–Kier alpha value is -1.76. The van der Waals surface area contributed by atoms with E-state index in [1.165, 1.54) is 25.5 Å². The van der Waals surface area contributed by atoms with E-state index in [-0.39, 0.29) is 17.2 Å². The predicted molar refractivity (Wildman–Crippen MR) is 77.0 cm³/mol. The predicted octanol–water partition coefficient (Wildman–Crippen LogP) is 1.32. The Morgan fingerprint density at radius 3 is 2.37 bits per heavy atom. The highest BCUT2D eigenvalue weighted by Gasteiger charge is 2.27. The molecule has 0 saturated carbocycles. The van der Waals surface area contributed by atoms with Crippen LogP contribution in [-0.4, -0.2) is 39.1 Å². The minimum absolute atomic E-state index is 0.179. The van der Waals surface area contributed by atoms with Crippen molar-refractivity contribution in [2.75, 3.05) is 37.9 Å². The van der Waals surface area contributed by atoms with E-state index < -0.39 is 5.97 Å². The van der Waals surface area contributed by atoms with E-state index in [1.54, 1.807) is 0 Å². The van der Waals surface area contributed by atoms with Crippen molar-refractivity contribution in [3.8, 4) is 0 Å². The zero-order valence-corrected chi connectivity index (χ0v) is 12.4. The quantitative estimate of drug-likeness (QED) is 0.797. The summed E-state index contributed by atoms with van der Waals surface area (Å²) in [6.07, 6.45) is 0. The summed E-state index contributed by atoms with van der Waals surface area (Å²) in [6, 6.07) is 0. The van der Waals surface area contributed by atoms with Crippen molar-refractivity contribution < 1.29 is 14.3 Å². The molecule has 0 aliphatic heterocycles. The number of thiophene rings is 1. The van der Waals surface area contributed by atoms with Crippen LogP contribution >= 0.6 is 11.3 Å². The molecule has 0 saturated heterocycles. The number of nitrogens with zero attached hydrogens (tertiary/aromatic N) is 1. The number of methoxy groups -OCH3 is 1. The number of esters is 1. The second-order valence-electron chi connectivity index (χ2n) is 3.77. The topological polar surface area (TPSA) is 84.7 Å². The molecule has 0 bridgehead atoms. The van der Waals surface area contributed by atoms with Crippen LogP contribution in [-0.2, 0) is 4.74 Å². The number of amides is 1. The van der Waals surface area contributed by atoms with Crippen LogP contribution in [0.1, 0.15) is 33.9 Å². The highest BCUT2D eigenvalue weighted by Crippen LogP contribution is 2.38. The maximum Gasteiger partial charge on any atom is 0.343 e. The first-order chi connectivity index (χ1) is 9.01. The third-order valence-electron chi connectivity index (χ3n) is 2.80. The number of anilines is 2. The Kier molecular flexibility index (Phi) is 5.17. The highest BCUT2D eigenvalue weighted by atomic mass is 32.1. The molecule has 0 aliphatic carbocycles. The van der Waals surface area contributed by atoms with Gasteiger partial charge in [0.05, 0.1) is 12.8 Å². The molecule has 0 aliphatic rings. The standard InChI is InChI=1S/C12H19N3O3S/c1-5-15(6-2)11-7(12(17)18-4)8(13)9(19-11)10(16)14-3/h5-6,13H2,1-4H3,(H,14,16). The van der Waals surface area contributed by atoms with Crippen LogP contribution in [0.3, 0.4) is 0 Å². The first-order valence-corrected chi connectivity index (χ1v) is 6.80. The molecule has 7 heteroatoms. The maximum atomic E-state index is 11.9. The van der Waals surface area contributed by atoms with E-state index in [1.807, 2.05) is 18.7 Å². The lowest BCUT2D eigenvalue weighted by Crippen LogP contribution is -2.23. The molecular formula is C12H19N3O3S. The Morgan fingerprint density at radius 2 is 1.95 bits per heavy atom. The van der Waals surface area contributed by atoms with Crippen LogP contribution in [0, 0.1) is 0 Å². The van der Waals surface area contributed by atoms with Crippen LogP contribution in [0.4, 0.5) is 10.7 Å². The number of carbonyl (C=O) groups is 2. The lowest BCUT2D eigenvalue weighted by atomic mass is 10.2. The normalized spacial score (nSPS) is 10.1. The number of carbonyl (C=O) groups excluding carboxylic acids is 2. The van der Waals surface area contributed by atoms with Crippen LogP contribution in [0.25, 0.3) is 0 Å². The summed E-state index contributed by atoms with van der Waals surface area (Å²) in [5.74, 6) is -0.822. The van der Waals surface area contributed by atoms with Gasteiger partial charge in [-0.3, -0.25) is 4.79 Å². The summed E-state index contributed by atoms with van der Waals surface area (Å²) in [6.45, 7) is 5.38. The average molecular weight is 285 g/mol. The van der Waals surface area contributed by atoms with Crippen molar-refractivity contribution in [3.63, 3.8) is 0 Å². The van der Waals surface area contributed by atoms with E-state index in [0.29, 0.717) is 23.0 Å². The molecule has 106 valence electrons. The van der Waals surface area contributed by atoms with Gasteiger partial charge in [0, 0.05) is 20.1 Å². The van der Waals surface area contributed by atoms with Crippen molar-refractivity contribution in [2.45, 2.75) is 13.8 Å². The van der Waals surface area contributed by atoms with Crippen LogP contribution < -0.4 is 16.0 Å². The number of hydrogen-bond donors (Lipinski definition) is 2. The number of rotatable bonds is 5. The average Bonchev–Trinajstić information content (AvgIpc) is 2.76. The molecule has 1 aromatic heterocycles.